The van der Waals surface area contributed by atoms with E-state index in [4.69, 9.17) is 0 Å². The summed E-state index contributed by atoms with van der Waals surface area (Å²) in [6.45, 7) is 1.97. The lowest BCUT2D eigenvalue weighted by molar-refractivity contribution is 0.176. The van der Waals surface area contributed by atoms with Crippen LogP contribution in [0.4, 0.5) is 0 Å². The molecule has 2 aromatic heterocycles. The van der Waals surface area contributed by atoms with Gasteiger partial charge in [-0.05, 0) is 46.6 Å². The van der Waals surface area contributed by atoms with E-state index in [9.17, 15) is 5.11 Å². The van der Waals surface area contributed by atoms with Gasteiger partial charge in [0.25, 0.3) is 0 Å². The van der Waals surface area contributed by atoms with Crippen LogP contribution in [0.5, 0.6) is 0 Å². The van der Waals surface area contributed by atoms with Crippen LogP contribution in [0.3, 0.4) is 0 Å². The number of halogens is 1. The van der Waals surface area contributed by atoms with E-state index >= 15 is 0 Å². The monoisotopic (exact) mass is 292 g/mol. The van der Waals surface area contributed by atoms with Gasteiger partial charge >= 0.3 is 0 Å². The Labute approximate surface area is 109 Å². The van der Waals surface area contributed by atoms with E-state index in [1.54, 1.807) is 18.6 Å². The predicted molar refractivity (Wildman–Crippen MR) is 69.6 cm³/mol. The van der Waals surface area contributed by atoms with E-state index in [2.05, 4.69) is 25.9 Å². The molecule has 2 aromatic rings. The molecule has 0 aliphatic rings. The van der Waals surface area contributed by atoms with Gasteiger partial charge in [0.05, 0.1) is 6.10 Å². The lowest BCUT2D eigenvalue weighted by Crippen LogP contribution is -2.05. The molecule has 0 aromatic carbocycles. The Morgan fingerprint density at radius 3 is 2.76 bits per heavy atom. The Hall–Kier alpha value is -1.26. The van der Waals surface area contributed by atoms with Crippen LogP contribution in [-0.2, 0) is 6.42 Å². The van der Waals surface area contributed by atoms with Crippen LogP contribution in [0.25, 0.3) is 0 Å². The highest BCUT2D eigenvalue weighted by Crippen LogP contribution is 2.20. The zero-order chi connectivity index (χ0) is 12.3. The predicted octanol–water partition coefficient (Wildman–Crippen LogP) is 2.82. The fraction of sp³-hybridized carbons (Fsp3) is 0.231. The van der Waals surface area contributed by atoms with Gasteiger partial charge in [-0.3, -0.25) is 9.97 Å². The molecule has 3 nitrogen and oxygen atoms in total. The highest BCUT2D eigenvalue weighted by atomic mass is 79.9. The average molecular weight is 293 g/mol. The molecular formula is C13H13BrN2O. The van der Waals surface area contributed by atoms with Gasteiger partial charge in [-0.2, -0.15) is 0 Å². The largest absolute Gasteiger partial charge is 0.388 e. The number of hydrogen-bond donors (Lipinski definition) is 1. The molecule has 0 aliphatic heterocycles. The lowest BCUT2D eigenvalue weighted by Gasteiger charge is -2.12. The van der Waals surface area contributed by atoms with E-state index in [0.717, 1.165) is 21.3 Å². The number of aryl methyl sites for hydroxylation is 1. The minimum atomic E-state index is -0.558. The molecule has 2 heterocycles. The van der Waals surface area contributed by atoms with Crippen molar-refractivity contribution >= 4 is 15.9 Å². The Morgan fingerprint density at radius 2 is 2.12 bits per heavy atom. The number of rotatable bonds is 3. The van der Waals surface area contributed by atoms with Crippen LogP contribution in [-0.4, -0.2) is 15.1 Å². The maximum atomic E-state index is 10.1. The standard InChI is InChI=1S/C13H13BrN2O/c1-9-4-5-15-8-12(9)13(17)6-11-3-2-10(14)7-16-11/h2-5,7-8,13,17H,6H2,1H3. The normalized spacial score (nSPS) is 12.4. The first-order valence-electron chi connectivity index (χ1n) is 5.36. The molecule has 0 spiro atoms. The molecule has 88 valence electrons. The van der Waals surface area contributed by atoms with Crippen molar-refractivity contribution in [3.05, 3.63) is 58.1 Å². The van der Waals surface area contributed by atoms with E-state index in [0.29, 0.717) is 6.42 Å². The van der Waals surface area contributed by atoms with Gasteiger partial charge in [0.15, 0.2) is 0 Å². The molecule has 1 N–H and O–H groups in total. The fourth-order valence-electron chi connectivity index (χ4n) is 1.66. The van der Waals surface area contributed by atoms with Crippen molar-refractivity contribution in [1.29, 1.82) is 0 Å². The molecular weight excluding hydrogens is 280 g/mol. The lowest BCUT2D eigenvalue weighted by atomic mass is 10.0. The van der Waals surface area contributed by atoms with Crippen LogP contribution in [0.2, 0.25) is 0 Å². The molecule has 17 heavy (non-hydrogen) atoms. The topological polar surface area (TPSA) is 46.0 Å². The van der Waals surface area contributed by atoms with Crippen molar-refractivity contribution in [3.63, 3.8) is 0 Å². The number of aliphatic hydroxyl groups excluding tert-OH is 1. The zero-order valence-corrected chi connectivity index (χ0v) is 11.1. The van der Waals surface area contributed by atoms with Crippen LogP contribution < -0.4 is 0 Å². The molecule has 0 saturated carbocycles. The Balaban J connectivity index is 2.14. The number of nitrogens with zero attached hydrogens (tertiary/aromatic N) is 2. The molecule has 0 fully saturated rings. The third-order valence-electron chi connectivity index (χ3n) is 2.63. The maximum Gasteiger partial charge on any atom is 0.0862 e. The SMILES string of the molecule is Cc1ccncc1C(O)Cc1ccc(Br)cn1. The Morgan fingerprint density at radius 1 is 1.29 bits per heavy atom. The summed E-state index contributed by atoms with van der Waals surface area (Å²) >= 11 is 3.33. The minimum Gasteiger partial charge on any atom is -0.388 e. The second kappa shape index (κ2) is 5.38. The van der Waals surface area contributed by atoms with Gasteiger partial charge in [0.1, 0.15) is 0 Å². The van der Waals surface area contributed by atoms with Gasteiger partial charge in [0.2, 0.25) is 0 Å². The summed E-state index contributed by atoms with van der Waals surface area (Å²) in [5, 5.41) is 10.1. The summed E-state index contributed by atoms with van der Waals surface area (Å²) in [5.41, 5.74) is 2.77. The quantitative estimate of drug-likeness (QED) is 0.946. The molecule has 4 heteroatoms. The number of pyridine rings is 2. The fourth-order valence-corrected chi connectivity index (χ4v) is 1.89. The summed E-state index contributed by atoms with van der Waals surface area (Å²) < 4.78 is 0.938. The Bertz CT molecular complexity index is 499. The van der Waals surface area contributed by atoms with Crippen molar-refractivity contribution in [2.75, 3.05) is 0 Å². The summed E-state index contributed by atoms with van der Waals surface area (Å²) in [6.07, 6.45) is 5.11. The second-order valence-corrected chi connectivity index (χ2v) is 4.84. The van der Waals surface area contributed by atoms with Crippen molar-refractivity contribution in [2.24, 2.45) is 0 Å². The zero-order valence-electron chi connectivity index (χ0n) is 9.47. The first-order valence-corrected chi connectivity index (χ1v) is 6.15. The first kappa shape index (κ1) is 12.2. The highest BCUT2D eigenvalue weighted by molar-refractivity contribution is 9.10. The molecule has 1 unspecified atom stereocenters. The number of aliphatic hydroxyl groups is 1. The summed E-state index contributed by atoms with van der Waals surface area (Å²) in [7, 11) is 0. The number of hydrogen-bond acceptors (Lipinski definition) is 3. The molecule has 0 bridgehead atoms. The molecule has 1 atom stereocenters. The maximum absolute atomic E-state index is 10.1. The van der Waals surface area contributed by atoms with Crippen LogP contribution >= 0.6 is 15.9 Å². The molecule has 0 saturated heterocycles. The highest BCUT2D eigenvalue weighted by Gasteiger charge is 2.11. The van der Waals surface area contributed by atoms with Crippen molar-refractivity contribution < 1.29 is 5.11 Å². The third kappa shape index (κ3) is 3.11. The Kier molecular flexibility index (Phi) is 3.86. The van der Waals surface area contributed by atoms with Crippen LogP contribution in [0.1, 0.15) is 22.9 Å². The first-order chi connectivity index (χ1) is 8.16. The minimum absolute atomic E-state index is 0.500. The third-order valence-corrected chi connectivity index (χ3v) is 3.10. The van der Waals surface area contributed by atoms with Gasteiger partial charge < -0.3 is 5.11 Å². The van der Waals surface area contributed by atoms with E-state index in [1.807, 2.05) is 25.1 Å². The van der Waals surface area contributed by atoms with Crippen LogP contribution in [0.15, 0.2) is 41.3 Å². The summed E-state index contributed by atoms with van der Waals surface area (Å²) in [5.74, 6) is 0. The smallest absolute Gasteiger partial charge is 0.0862 e. The van der Waals surface area contributed by atoms with Gasteiger partial charge in [0, 0.05) is 40.7 Å². The second-order valence-electron chi connectivity index (χ2n) is 3.92. The summed E-state index contributed by atoms with van der Waals surface area (Å²) in [6, 6.07) is 5.72. The molecule has 2 rings (SSSR count). The van der Waals surface area contributed by atoms with Gasteiger partial charge in [-0.15, -0.1) is 0 Å². The van der Waals surface area contributed by atoms with Crippen molar-refractivity contribution in [3.8, 4) is 0 Å². The van der Waals surface area contributed by atoms with Crippen molar-refractivity contribution in [1.82, 2.24) is 9.97 Å². The van der Waals surface area contributed by atoms with E-state index < -0.39 is 6.10 Å². The van der Waals surface area contributed by atoms with Crippen molar-refractivity contribution in [2.45, 2.75) is 19.4 Å². The van der Waals surface area contributed by atoms with Crippen LogP contribution in [0, 0.1) is 6.92 Å². The summed E-state index contributed by atoms with van der Waals surface area (Å²) in [4.78, 5) is 8.28. The van der Waals surface area contributed by atoms with Gasteiger partial charge in [-0.1, -0.05) is 0 Å². The van der Waals surface area contributed by atoms with E-state index in [-0.39, 0.29) is 0 Å². The average Bonchev–Trinajstić information content (AvgIpc) is 2.32. The van der Waals surface area contributed by atoms with Gasteiger partial charge in [-0.25, -0.2) is 0 Å². The number of aromatic nitrogens is 2. The molecule has 0 radical (unpaired) electrons. The van der Waals surface area contributed by atoms with E-state index in [1.165, 1.54) is 0 Å². The molecule has 0 aliphatic carbocycles. The molecule has 0 amide bonds.